The summed E-state index contributed by atoms with van der Waals surface area (Å²) >= 11 is 0. The van der Waals surface area contributed by atoms with E-state index >= 15 is 0 Å². The number of aromatic nitrogens is 3. The highest BCUT2D eigenvalue weighted by atomic mass is 19.4. The summed E-state index contributed by atoms with van der Waals surface area (Å²) < 4.78 is 43.8. The van der Waals surface area contributed by atoms with Gasteiger partial charge in [-0.05, 0) is 55.7 Å². The number of hydrogen-bond donors (Lipinski definition) is 4. The number of carbonyl (C=O) groups excluding carboxylic acids is 3. The first-order valence-corrected chi connectivity index (χ1v) is 13.9. The molecule has 0 aliphatic heterocycles. The van der Waals surface area contributed by atoms with E-state index < -0.39 is 29.0 Å². The molecule has 0 fully saturated rings. The Morgan fingerprint density at radius 1 is 0.886 bits per heavy atom. The molecule has 2 aromatic heterocycles. The smallest absolute Gasteiger partial charge is 0.326 e. The fourth-order valence-electron chi connectivity index (χ4n) is 4.32. The van der Waals surface area contributed by atoms with Gasteiger partial charge in [0, 0.05) is 40.8 Å². The number of anilines is 2. The third-order valence-electron chi connectivity index (χ3n) is 6.85. The average Bonchev–Trinajstić information content (AvgIpc) is 3.39. The van der Waals surface area contributed by atoms with Crippen molar-refractivity contribution in [3.8, 4) is 22.5 Å². The summed E-state index contributed by atoms with van der Waals surface area (Å²) in [6.45, 7) is 7.31. The minimum absolute atomic E-state index is 0.00552. The second-order valence-corrected chi connectivity index (χ2v) is 11.4. The lowest BCUT2D eigenvalue weighted by Gasteiger charge is -2.19. The van der Waals surface area contributed by atoms with Crippen molar-refractivity contribution < 1.29 is 32.8 Å². The number of unbranched alkanes of at least 4 members (excludes halogenated alkanes) is 1. The van der Waals surface area contributed by atoms with Crippen LogP contribution in [0.5, 0.6) is 0 Å². The Labute approximate surface area is 251 Å². The molecule has 4 N–H and O–H groups in total. The van der Waals surface area contributed by atoms with E-state index in [0.717, 1.165) is 11.6 Å². The van der Waals surface area contributed by atoms with E-state index in [4.69, 9.17) is 5.21 Å². The van der Waals surface area contributed by atoms with Crippen LogP contribution in [0, 0.1) is 12.3 Å². The number of hydrogen-bond acceptors (Lipinski definition) is 6. The van der Waals surface area contributed by atoms with Crippen molar-refractivity contribution in [2.24, 2.45) is 5.41 Å². The molecule has 0 saturated heterocycles. The maximum absolute atomic E-state index is 14.1. The number of halogens is 3. The molecule has 0 saturated carbocycles. The SMILES string of the molecule is Cc1ccc(-c2cn3nc(-c4ccc(NC(=O)CCCCC(=O)NO)cc4C(F)(F)F)ccc3n2)cc1NC(=O)C(C)(C)C. The van der Waals surface area contributed by atoms with Crippen molar-refractivity contribution in [3.05, 3.63) is 65.9 Å². The monoisotopic (exact) mass is 610 g/mol. The van der Waals surface area contributed by atoms with Crippen LogP contribution in [0.1, 0.15) is 57.6 Å². The van der Waals surface area contributed by atoms with Crippen LogP contribution in [0.25, 0.3) is 28.2 Å². The van der Waals surface area contributed by atoms with E-state index in [9.17, 15) is 27.6 Å². The van der Waals surface area contributed by atoms with Crippen molar-refractivity contribution >= 4 is 34.7 Å². The first-order chi connectivity index (χ1) is 20.7. The van der Waals surface area contributed by atoms with Gasteiger partial charge in [-0.15, -0.1) is 0 Å². The van der Waals surface area contributed by atoms with E-state index in [0.29, 0.717) is 35.4 Å². The molecular formula is C31H33F3N6O4. The van der Waals surface area contributed by atoms with Crippen LogP contribution in [0.15, 0.2) is 54.7 Å². The molecule has 0 spiro atoms. The fourth-order valence-corrected chi connectivity index (χ4v) is 4.32. The highest BCUT2D eigenvalue weighted by molar-refractivity contribution is 5.96. The molecule has 232 valence electrons. The standard InChI is InChI=1S/C31H33F3N6O4/c1-18-9-10-19(15-24(18)37-29(43)30(2,3)4)25-17-40-26(36-25)14-13-23(38-40)21-12-11-20(16-22(21)31(32,33)34)35-27(41)7-5-6-8-28(42)39-44/h9-17,44H,5-8H2,1-4H3,(H,35,41)(H,37,43)(H,39,42). The van der Waals surface area contributed by atoms with Gasteiger partial charge in [-0.3, -0.25) is 19.6 Å². The van der Waals surface area contributed by atoms with Crippen LogP contribution in [0.3, 0.4) is 0 Å². The van der Waals surface area contributed by atoms with Crippen molar-refractivity contribution in [1.82, 2.24) is 20.1 Å². The zero-order valence-corrected chi connectivity index (χ0v) is 24.7. The number of nitrogens with one attached hydrogen (secondary N) is 3. The zero-order valence-electron chi connectivity index (χ0n) is 24.7. The molecule has 0 radical (unpaired) electrons. The molecule has 0 unspecified atom stereocenters. The maximum atomic E-state index is 14.1. The molecule has 0 aliphatic rings. The minimum atomic E-state index is -4.74. The second-order valence-electron chi connectivity index (χ2n) is 11.4. The van der Waals surface area contributed by atoms with Gasteiger partial charge >= 0.3 is 6.18 Å². The Bertz CT molecular complexity index is 1710. The van der Waals surface area contributed by atoms with Gasteiger partial charge in [0.1, 0.15) is 0 Å². The van der Waals surface area contributed by atoms with Gasteiger partial charge in [-0.25, -0.2) is 15.0 Å². The highest BCUT2D eigenvalue weighted by Gasteiger charge is 2.34. The number of nitrogens with zero attached hydrogens (tertiary/aromatic N) is 3. The van der Waals surface area contributed by atoms with Gasteiger partial charge in [0.15, 0.2) is 5.65 Å². The molecule has 4 aromatic rings. The third-order valence-corrected chi connectivity index (χ3v) is 6.85. The number of benzene rings is 2. The van der Waals surface area contributed by atoms with Gasteiger partial charge < -0.3 is 10.6 Å². The normalized spacial score (nSPS) is 11.8. The van der Waals surface area contributed by atoms with E-state index in [1.54, 1.807) is 18.3 Å². The summed E-state index contributed by atoms with van der Waals surface area (Å²) in [5.74, 6) is -1.23. The second kappa shape index (κ2) is 12.8. The summed E-state index contributed by atoms with van der Waals surface area (Å²) in [5.41, 5.74) is 2.90. The number of amides is 3. The van der Waals surface area contributed by atoms with Crippen molar-refractivity contribution in [3.63, 3.8) is 0 Å². The highest BCUT2D eigenvalue weighted by Crippen LogP contribution is 2.38. The largest absolute Gasteiger partial charge is 0.417 e. The Morgan fingerprint density at radius 2 is 1.59 bits per heavy atom. The average molecular weight is 611 g/mol. The van der Waals surface area contributed by atoms with Crippen LogP contribution in [-0.2, 0) is 20.6 Å². The molecule has 4 rings (SSSR count). The summed E-state index contributed by atoms with van der Waals surface area (Å²) in [4.78, 5) is 40.4. The van der Waals surface area contributed by atoms with Gasteiger partial charge in [0.25, 0.3) is 0 Å². The molecule has 10 nitrogen and oxygen atoms in total. The molecule has 3 amide bonds. The lowest BCUT2D eigenvalue weighted by molar-refractivity contribution is -0.137. The first kappa shape index (κ1) is 32.1. The molecule has 0 aliphatic carbocycles. The van der Waals surface area contributed by atoms with Crippen LogP contribution < -0.4 is 16.1 Å². The molecule has 13 heteroatoms. The Hall–Kier alpha value is -4.78. The predicted octanol–water partition coefficient (Wildman–Crippen LogP) is 6.38. The number of alkyl halides is 3. The van der Waals surface area contributed by atoms with E-state index in [1.807, 2.05) is 39.8 Å². The summed E-state index contributed by atoms with van der Waals surface area (Å²) in [7, 11) is 0. The van der Waals surface area contributed by atoms with Crippen LogP contribution in [0.4, 0.5) is 24.5 Å². The summed E-state index contributed by atoms with van der Waals surface area (Å²) in [6, 6.07) is 12.0. The first-order valence-electron chi connectivity index (χ1n) is 13.9. The Kier molecular flexibility index (Phi) is 9.38. The van der Waals surface area contributed by atoms with E-state index in [1.165, 1.54) is 28.2 Å². The number of fused-ring (bicyclic) bond motifs is 1. The van der Waals surface area contributed by atoms with Crippen molar-refractivity contribution in [1.29, 1.82) is 0 Å². The van der Waals surface area contributed by atoms with Crippen LogP contribution in [-0.4, -0.2) is 37.5 Å². The summed E-state index contributed by atoms with van der Waals surface area (Å²) in [5, 5.41) is 18.3. The third kappa shape index (κ3) is 7.78. The number of rotatable bonds is 9. The van der Waals surface area contributed by atoms with Crippen LogP contribution >= 0.6 is 0 Å². The topological polar surface area (TPSA) is 138 Å². The van der Waals surface area contributed by atoms with Crippen molar-refractivity contribution in [2.75, 3.05) is 10.6 Å². The molecule has 0 atom stereocenters. The fraction of sp³-hybridized carbons (Fsp3) is 0.323. The van der Waals surface area contributed by atoms with E-state index in [2.05, 4.69) is 20.7 Å². The maximum Gasteiger partial charge on any atom is 0.417 e. The lowest BCUT2D eigenvalue weighted by atomic mass is 9.95. The lowest BCUT2D eigenvalue weighted by Crippen LogP contribution is -2.27. The van der Waals surface area contributed by atoms with Gasteiger partial charge in [0.05, 0.1) is 23.1 Å². The molecule has 44 heavy (non-hydrogen) atoms. The van der Waals surface area contributed by atoms with Gasteiger partial charge in [-0.1, -0.05) is 39.0 Å². The minimum Gasteiger partial charge on any atom is -0.326 e. The molecule has 2 aromatic carbocycles. The van der Waals surface area contributed by atoms with Crippen molar-refractivity contribution in [2.45, 2.75) is 59.6 Å². The molecular weight excluding hydrogens is 577 g/mol. The summed E-state index contributed by atoms with van der Waals surface area (Å²) in [6.07, 6.45) is -2.47. The predicted molar refractivity (Wildman–Crippen MR) is 159 cm³/mol. The quantitative estimate of drug-likeness (QED) is 0.0986. The van der Waals surface area contributed by atoms with Gasteiger partial charge in [0.2, 0.25) is 17.7 Å². The number of hydroxylamine groups is 1. The van der Waals surface area contributed by atoms with Gasteiger partial charge in [-0.2, -0.15) is 18.3 Å². The molecule has 0 bridgehead atoms. The Morgan fingerprint density at radius 3 is 2.25 bits per heavy atom. The number of carbonyl (C=O) groups is 3. The van der Waals surface area contributed by atoms with E-state index in [-0.39, 0.29) is 35.7 Å². The zero-order chi connectivity index (χ0) is 32.2. The molecule has 2 heterocycles. The number of imidazole rings is 1. The number of aryl methyl sites for hydroxylation is 1. The van der Waals surface area contributed by atoms with Crippen LogP contribution in [0.2, 0.25) is 0 Å². The Balaban J connectivity index is 1.58.